The van der Waals surface area contributed by atoms with E-state index in [1.54, 1.807) is 0 Å². The van der Waals surface area contributed by atoms with Gasteiger partial charge in [-0.25, -0.2) is 0 Å². The summed E-state index contributed by atoms with van der Waals surface area (Å²) in [5.41, 5.74) is 7.97. The van der Waals surface area contributed by atoms with Crippen molar-refractivity contribution in [2.24, 2.45) is 11.7 Å². The normalized spacial score (nSPS) is 12.6. The first-order chi connectivity index (χ1) is 6.63. The van der Waals surface area contributed by atoms with Crippen molar-refractivity contribution in [2.75, 3.05) is 13.2 Å². The molecule has 0 aromatic heterocycles. The Balaban J connectivity index is 2.59. The van der Waals surface area contributed by atoms with Crippen LogP contribution in [0.1, 0.15) is 18.1 Å². The van der Waals surface area contributed by atoms with Crippen molar-refractivity contribution in [1.82, 2.24) is 0 Å². The van der Waals surface area contributed by atoms with Crippen molar-refractivity contribution in [2.45, 2.75) is 20.8 Å². The van der Waals surface area contributed by atoms with Crippen LogP contribution >= 0.6 is 0 Å². The van der Waals surface area contributed by atoms with Crippen molar-refractivity contribution in [1.29, 1.82) is 0 Å². The highest BCUT2D eigenvalue weighted by molar-refractivity contribution is 5.35. The fourth-order valence-electron chi connectivity index (χ4n) is 1.26. The van der Waals surface area contributed by atoms with Crippen molar-refractivity contribution >= 4 is 0 Å². The summed E-state index contributed by atoms with van der Waals surface area (Å²) in [4.78, 5) is 0. The first-order valence-electron chi connectivity index (χ1n) is 5.03. The van der Waals surface area contributed by atoms with Crippen molar-refractivity contribution in [3.63, 3.8) is 0 Å². The maximum absolute atomic E-state index is 5.66. The summed E-state index contributed by atoms with van der Waals surface area (Å²) in [5, 5.41) is 0. The summed E-state index contributed by atoms with van der Waals surface area (Å²) in [6.45, 7) is 7.60. The van der Waals surface area contributed by atoms with E-state index < -0.39 is 0 Å². The monoisotopic (exact) mass is 193 g/mol. The van der Waals surface area contributed by atoms with Crippen LogP contribution in [-0.4, -0.2) is 13.2 Å². The molecule has 0 aliphatic carbocycles. The molecular weight excluding hydrogens is 174 g/mol. The van der Waals surface area contributed by atoms with E-state index in [0.29, 0.717) is 19.1 Å². The van der Waals surface area contributed by atoms with E-state index in [0.717, 1.165) is 5.75 Å². The summed E-state index contributed by atoms with van der Waals surface area (Å²) in [6, 6.07) is 6.21. The van der Waals surface area contributed by atoms with Gasteiger partial charge in [-0.2, -0.15) is 0 Å². The average molecular weight is 193 g/mol. The van der Waals surface area contributed by atoms with Crippen LogP contribution in [0.2, 0.25) is 0 Å². The van der Waals surface area contributed by atoms with Gasteiger partial charge in [0.1, 0.15) is 5.75 Å². The Hall–Kier alpha value is -1.02. The number of hydrogen-bond acceptors (Lipinski definition) is 2. The van der Waals surface area contributed by atoms with E-state index in [-0.39, 0.29) is 0 Å². The van der Waals surface area contributed by atoms with Gasteiger partial charge in [-0.05, 0) is 32.0 Å². The largest absolute Gasteiger partial charge is 0.493 e. The lowest BCUT2D eigenvalue weighted by Gasteiger charge is -2.13. The second-order valence-electron chi connectivity index (χ2n) is 3.92. The fourth-order valence-corrected chi connectivity index (χ4v) is 1.26. The highest BCUT2D eigenvalue weighted by Crippen LogP contribution is 2.19. The minimum Gasteiger partial charge on any atom is -0.493 e. The van der Waals surface area contributed by atoms with Gasteiger partial charge in [0.05, 0.1) is 6.61 Å². The summed E-state index contributed by atoms with van der Waals surface area (Å²) in [7, 11) is 0. The Bertz CT molecular complexity index is 296. The molecule has 0 aliphatic rings. The van der Waals surface area contributed by atoms with Crippen LogP contribution in [0.15, 0.2) is 18.2 Å². The van der Waals surface area contributed by atoms with Crippen molar-refractivity contribution < 1.29 is 4.74 Å². The number of hydrogen-bond donors (Lipinski definition) is 1. The maximum atomic E-state index is 5.66. The summed E-state index contributed by atoms with van der Waals surface area (Å²) in [5.74, 6) is 1.38. The van der Waals surface area contributed by atoms with E-state index in [1.807, 2.05) is 6.07 Å². The minimum absolute atomic E-state index is 0.413. The Morgan fingerprint density at radius 3 is 2.64 bits per heavy atom. The van der Waals surface area contributed by atoms with E-state index in [4.69, 9.17) is 10.5 Å². The molecule has 2 nitrogen and oxygen atoms in total. The van der Waals surface area contributed by atoms with Gasteiger partial charge in [-0.3, -0.25) is 0 Å². The number of rotatable bonds is 4. The third-order valence-corrected chi connectivity index (χ3v) is 2.26. The molecule has 0 radical (unpaired) electrons. The number of nitrogens with two attached hydrogens (primary N) is 1. The van der Waals surface area contributed by atoms with Gasteiger partial charge >= 0.3 is 0 Å². The van der Waals surface area contributed by atoms with Gasteiger partial charge in [-0.15, -0.1) is 0 Å². The zero-order chi connectivity index (χ0) is 10.6. The standard InChI is InChI=1S/C12H19NO/c1-9-4-5-12(11(3)6-9)14-8-10(2)7-13/h4-6,10H,7-8,13H2,1-3H3. The molecule has 2 heteroatoms. The summed E-state index contributed by atoms with van der Waals surface area (Å²) in [6.07, 6.45) is 0. The Morgan fingerprint density at radius 1 is 1.36 bits per heavy atom. The second kappa shape index (κ2) is 5.01. The number of aryl methyl sites for hydroxylation is 2. The zero-order valence-corrected chi connectivity index (χ0v) is 9.21. The molecule has 1 unspecified atom stereocenters. The second-order valence-corrected chi connectivity index (χ2v) is 3.92. The molecule has 0 heterocycles. The van der Waals surface area contributed by atoms with Gasteiger partial charge in [0.25, 0.3) is 0 Å². The fraction of sp³-hybridized carbons (Fsp3) is 0.500. The number of ether oxygens (including phenoxy) is 1. The predicted octanol–water partition coefficient (Wildman–Crippen LogP) is 2.28. The molecule has 0 aliphatic heterocycles. The highest BCUT2D eigenvalue weighted by Gasteiger charge is 2.02. The smallest absolute Gasteiger partial charge is 0.122 e. The van der Waals surface area contributed by atoms with E-state index in [2.05, 4.69) is 32.9 Å². The lowest BCUT2D eigenvalue weighted by Crippen LogP contribution is -2.18. The number of benzene rings is 1. The molecule has 0 saturated carbocycles. The molecule has 1 rings (SSSR count). The maximum Gasteiger partial charge on any atom is 0.122 e. The van der Waals surface area contributed by atoms with Gasteiger partial charge in [0.2, 0.25) is 0 Å². The third kappa shape index (κ3) is 3.04. The molecule has 0 saturated heterocycles. The molecule has 0 bridgehead atoms. The van der Waals surface area contributed by atoms with E-state index in [9.17, 15) is 0 Å². The molecule has 78 valence electrons. The molecule has 2 N–H and O–H groups in total. The predicted molar refractivity (Wildman–Crippen MR) is 59.6 cm³/mol. The van der Waals surface area contributed by atoms with Crippen LogP contribution in [0.3, 0.4) is 0 Å². The minimum atomic E-state index is 0.413. The van der Waals surface area contributed by atoms with E-state index in [1.165, 1.54) is 11.1 Å². The van der Waals surface area contributed by atoms with Gasteiger partial charge in [0, 0.05) is 5.92 Å². The lowest BCUT2D eigenvalue weighted by molar-refractivity contribution is 0.262. The molecule has 0 fully saturated rings. The van der Waals surface area contributed by atoms with Crippen molar-refractivity contribution in [3.05, 3.63) is 29.3 Å². The van der Waals surface area contributed by atoms with Gasteiger partial charge in [-0.1, -0.05) is 24.6 Å². The van der Waals surface area contributed by atoms with Crippen LogP contribution in [0, 0.1) is 19.8 Å². The quantitative estimate of drug-likeness (QED) is 0.796. The molecule has 14 heavy (non-hydrogen) atoms. The first kappa shape index (κ1) is 11.1. The zero-order valence-electron chi connectivity index (χ0n) is 9.21. The SMILES string of the molecule is Cc1ccc(OCC(C)CN)c(C)c1. The van der Waals surface area contributed by atoms with Crippen molar-refractivity contribution in [3.8, 4) is 5.75 Å². The van der Waals surface area contributed by atoms with Gasteiger partial charge in [0.15, 0.2) is 0 Å². The van der Waals surface area contributed by atoms with Crippen LogP contribution in [0.5, 0.6) is 5.75 Å². The van der Waals surface area contributed by atoms with Crippen LogP contribution < -0.4 is 10.5 Å². The lowest BCUT2D eigenvalue weighted by atomic mass is 10.1. The van der Waals surface area contributed by atoms with Crippen LogP contribution in [0.4, 0.5) is 0 Å². The van der Waals surface area contributed by atoms with Gasteiger partial charge < -0.3 is 10.5 Å². The molecular formula is C12H19NO. The average Bonchev–Trinajstić information content (AvgIpc) is 2.16. The Labute approximate surface area is 86.1 Å². The third-order valence-electron chi connectivity index (χ3n) is 2.26. The van der Waals surface area contributed by atoms with Crippen LogP contribution in [0.25, 0.3) is 0 Å². The molecule has 1 aromatic rings. The Morgan fingerprint density at radius 2 is 2.07 bits per heavy atom. The molecule has 1 aromatic carbocycles. The molecule has 1 atom stereocenters. The highest BCUT2D eigenvalue weighted by atomic mass is 16.5. The summed E-state index contributed by atoms with van der Waals surface area (Å²) >= 11 is 0. The molecule has 0 spiro atoms. The first-order valence-corrected chi connectivity index (χ1v) is 5.03. The topological polar surface area (TPSA) is 35.2 Å². The van der Waals surface area contributed by atoms with Crippen LogP contribution in [-0.2, 0) is 0 Å². The van der Waals surface area contributed by atoms with E-state index >= 15 is 0 Å². The summed E-state index contributed by atoms with van der Waals surface area (Å²) < 4.78 is 5.66. The molecule has 0 amide bonds. The Kier molecular flexibility index (Phi) is 3.96.